The van der Waals surface area contributed by atoms with E-state index in [2.05, 4.69) is 17.5 Å². The predicted molar refractivity (Wildman–Crippen MR) is 77.5 cm³/mol. The summed E-state index contributed by atoms with van der Waals surface area (Å²) < 4.78 is 105. The molecule has 2 aromatic rings. The Morgan fingerprint density at radius 2 is 1.32 bits per heavy atom. The lowest BCUT2D eigenvalue weighted by Crippen LogP contribution is -2.24. The van der Waals surface area contributed by atoms with Crippen molar-refractivity contribution in [1.82, 2.24) is 0 Å². The number of hydrogen-bond acceptors (Lipinski definition) is 1. The van der Waals surface area contributed by atoms with Gasteiger partial charge in [-0.05, 0) is 24.4 Å². The number of rotatable bonds is 2. The van der Waals surface area contributed by atoms with Crippen LogP contribution in [0.15, 0.2) is 24.3 Å². The van der Waals surface area contributed by atoms with E-state index in [-0.39, 0.29) is 5.69 Å². The van der Waals surface area contributed by atoms with E-state index in [0.717, 1.165) is 6.07 Å². The number of para-hydroxylation sites is 1. The summed E-state index contributed by atoms with van der Waals surface area (Å²) in [5.41, 5.74) is -4.54. The first-order valence-electron chi connectivity index (χ1n) is 6.29. The van der Waals surface area contributed by atoms with Crippen molar-refractivity contribution < 1.29 is 35.1 Å². The summed E-state index contributed by atoms with van der Waals surface area (Å²) in [5, 5.41) is 3.11. The number of halogens is 8. The van der Waals surface area contributed by atoms with Gasteiger partial charge in [-0.3, -0.25) is 0 Å². The fourth-order valence-corrected chi connectivity index (χ4v) is 2.03. The molecule has 0 heterocycles. The van der Waals surface area contributed by atoms with Gasteiger partial charge in [0.15, 0.2) is 28.4 Å². The number of thiocarbonyl (C=S) groups is 1. The maximum Gasteiger partial charge on any atom is 0.422 e. The summed E-state index contributed by atoms with van der Waals surface area (Å²) in [6.45, 7) is 0. The summed E-state index contributed by atoms with van der Waals surface area (Å²) in [4.78, 5) is 0. The summed E-state index contributed by atoms with van der Waals surface area (Å²) in [6, 6.07) is 4.91. The molecule has 25 heavy (non-hydrogen) atoms. The van der Waals surface area contributed by atoms with Gasteiger partial charge in [0.2, 0.25) is 0 Å². The average molecular weight is 386 g/mol. The van der Waals surface area contributed by atoms with E-state index < -0.39 is 51.6 Å². The Morgan fingerprint density at radius 1 is 0.800 bits per heavy atom. The SMILES string of the molecule is Fc1ccccc1NC(=S)Nc1c(F)c(F)c(C(F)(F)F)c(F)c1F. The molecule has 0 spiro atoms. The Morgan fingerprint density at radius 3 is 1.80 bits per heavy atom. The molecule has 0 unspecified atom stereocenters. The van der Waals surface area contributed by atoms with Crippen LogP contribution in [-0.2, 0) is 6.18 Å². The maximum absolute atomic E-state index is 13.7. The molecular formula is C14H6F8N2S. The Kier molecular flexibility index (Phi) is 5.16. The molecule has 0 fully saturated rings. The number of anilines is 2. The second kappa shape index (κ2) is 6.82. The minimum absolute atomic E-state index is 0.242. The van der Waals surface area contributed by atoms with Gasteiger partial charge < -0.3 is 10.6 Å². The predicted octanol–water partition coefficient (Wildman–Crippen LogP) is 5.21. The van der Waals surface area contributed by atoms with Crippen LogP contribution in [0.25, 0.3) is 0 Å². The second-order valence-electron chi connectivity index (χ2n) is 4.56. The molecule has 0 atom stereocenters. The highest BCUT2D eigenvalue weighted by molar-refractivity contribution is 7.80. The Bertz CT molecular complexity index is 805. The maximum atomic E-state index is 13.7. The molecule has 0 amide bonds. The third-order valence-electron chi connectivity index (χ3n) is 2.91. The van der Waals surface area contributed by atoms with Gasteiger partial charge in [0.25, 0.3) is 0 Å². The average Bonchev–Trinajstić information content (AvgIpc) is 2.51. The van der Waals surface area contributed by atoms with E-state index >= 15 is 0 Å². The second-order valence-corrected chi connectivity index (χ2v) is 4.97. The van der Waals surface area contributed by atoms with Gasteiger partial charge in [0.1, 0.15) is 17.1 Å². The fraction of sp³-hybridized carbons (Fsp3) is 0.0714. The molecule has 2 N–H and O–H groups in total. The molecule has 11 heteroatoms. The first-order valence-corrected chi connectivity index (χ1v) is 6.70. The lowest BCUT2D eigenvalue weighted by atomic mass is 10.1. The van der Waals surface area contributed by atoms with E-state index in [1.54, 1.807) is 5.32 Å². The quantitative estimate of drug-likeness (QED) is 0.421. The third-order valence-corrected chi connectivity index (χ3v) is 3.11. The van der Waals surface area contributed by atoms with Crippen LogP contribution >= 0.6 is 12.2 Å². The molecule has 2 rings (SSSR count). The molecule has 134 valence electrons. The summed E-state index contributed by atoms with van der Waals surface area (Å²) in [7, 11) is 0. The monoisotopic (exact) mass is 386 g/mol. The van der Waals surface area contributed by atoms with Gasteiger partial charge in [-0.25, -0.2) is 22.0 Å². The molecular weight excluding hydrogens is 380 g/mol. The lowest BCUT2D eigenvalue weighted by molar-refractivity contribution is -0.143. The van der Waals surface area contributed by atoms with Gasteiger partial charge in [-0.1, -0.05) is 12.1 Å². The van der Waals surface area contributed by atoms with Crippen LogP contribution in [0.3, 0.4) is 0 Å². The zero-order valence-corrected chi connectivity index (χ0v) is 12.6. The molecule has 0 bridgehead atoms. The molecule has 0 aliphatic carbocycles. The van der Waals surface area contributed by atoms with Crippen LogP contribution in [0.4, 0.5) is 46.5 Å². The number of hydrogen-bond donors (Lipinski definition) is 2. The van der Waals surface area contributed by atoms with Gasteiger partial charge in [-0.2, -0.15) is 13.2 Å². The Labute approximate surface area is 140 Å². The van der Waals surface area contributed by atoms with Crippen molar-refractivity contribution in [2.45, 2.75) is 6.18 Å². The minimum Gasteiger partial charge on any atom is -0.330 e. The molecule has 0 aliphatic rings. The number of alkyl halides is 3. The van der Waals surface area contributed by atoms with Crippen molar-refractivity contribution in [3.8, 4) is 0 Å². The topological polar surface area (TPSA) is 24.1 Å². The van der Waals surface area contributed by atoms with E-state index in [0.29, 0.717) is 0 Å². The van der Waals surface area contributed by atoms with E-state index in [9.17, 15) is 35.1 Å². The van der Waals surface area contributed by atoms with E-state index in [4.69, 9.17) is 0 Å². The van der Waals surface area contributed by atoms with Gasteiger partial charge in [0.05, 0.1) is 5.69 Å². The van der Waals surface area contributed by atoms with E-state index in [1.165, 1.54) is 18.2 Å². The summed E-state index contributed by atoms with van der Waals surface area (Å²) in [5.74, 6) is -10.7. The van der Waals surface area contributed by atoms with Crippen molar-refractivity contribution in [3.05, 3.63) is 58.9 Å². The van der Waals surface area contributed by atoms with Crippen LogP contribution in [0.1, 0.15) is 5.56 Å². The van der Waals surface area contributed by atoms with Crippen LogP contribution in [0, 0.1) is 29.1 Å². The van der Waals surface area contributed by atoms with Crippen LogP contribution in [0.5, 0.6) is 0 Å². The summed E-state index contributed by atoms with van der Waals surface area (Å²) in [6.07, 6.45) is -5.65. The molecule has 0 saturated heterocycles. The Hall–Kier alpha value is -2.43. The molecule has 0 saturated carbocycles. The van der Waals surface area contributed by atoms with Gasteiger partial charge >= 0.3 is 6.18 Å². The smallest absolute Gasteiger partial charge is 0.330 e. The molecule has 0 aliphatic heterocycles. The van der Waals surface area contributed by atoms with Crippen LogP contribution in [-0.4, -0.2) is 5.11 Å². The van der Waals surface area contributed by atoms with Crippen molar-refractivity contribution in [2.24, 2.45) is 0 Å². The normalized spacial score (nSPS) is 11.4. The van der Waals surface area contributed by atoms with Crippen molar-refractivity contribution in [3.63, 3.8) is 0 Å². The molecule has 2 aromatic carbocycles. The molecule has 0 radical (unpaired) electrons. The zero-order valence-electron chi connectivity index (χ0n) is 11.7. The number of nitrogens with one attached hydrogen (secondary N) is 2. The standard InChI is InChI=1S/C14H6F8N2S/c15-5-3-1-2-4-6(5)23-13(25)24-12-10(18)8(16)7(14(20,21)22)9(17)11(12)19/h1-4H,(H2,23,24,25). The fourth-order valence-electron chi connectivity index (χ4n) is 1.82. The molecule has 0 aromatic heterocycles. The Balaban J connectivity index is 2.38. The molecule has 2 nitrogen and oxygen atoms in total. The first kappa shape index (κ1) is 18.9. The lowest BCUT2D eigenvalue weighted by Gasteiger charge is -2.16. The minimum atomic E-state index is -5.65. The first-order chi connectivity index (χ1) is 11.5. The van der Waals surface area contributed by atoms with Crippen molar-refractivity contribution in [2.75, 3.05) is 10.6 Å². The highest BCUT2D eigenvalue weighted by Gasteiger charge is 2.42. The van der Waals surface area contributed by atoms with Crippen molar-refractivity contribution >= 4 is 28.7 Å². The zero-order chi connectivity index (χ0) is 18.9. The summed E-state index contributed by atoms with van der Waals surface area (Å²) >= 11 is 4.60. The largest absolute Gasteiger partial charge is 0.422 e. The highest BCUT2D eigenvalue weighted by Crippen LogP contribution is 2.38. The highest BCUT2D eigenvalue weighted by atomic mass is 32.1. The van der Waals surface area contributed by atoms with Crippen LogP contribution < -0.4 is 10.6 Å². The van der Waals surface area contributed by atoms with Gasteiger partial charge in [-0.15, -0.1) is 0 Å². The van der Waals surface area contributed by atoms with Crippen molar-refractivity contribution in [1.29, 1.82) is 0 Å². The number of benzene rings is 2. The third kappa shape index (κ3) is 3.81. The van der Waals surface area contributed by atoms with Crippen LogP contribution in [0.2, 0.25) is 0 Å². The van der Waals surface area contributed by atoms with E-state index in [1.807, 2.05) is 0 Å². The van der Waals surface area contributed by atoms with Gasteiger partial charge in [0, 0.05) is 0 Å².